The lowest BCUT2D eigenvalue weighted by Gasteiger charge is -2.37. The van der Waals surface area contributed by atoms with Crippen LogP contribution in [-0.2, 0) is 0 Å². The third-order valence-corrected chi connectivity index (χ3v) is 5.67. The van der Waals surface area contributed by atoms with Crippen LogP contribution in [0.2, 0.25) is 0 Å². The predicted molar refractivity (Wildman–Crippen MR) is 115 cm³/mol. The van der Waals surface area contributed by atoms with Crippen LogP contribution in [0.4, 0.5) is 10.8 Å². The second-order valence-electron chi connectivity index (χ2n) is 6.84. The van der Waals surface area contributed by atoms with Crippen LogP contribution in [0.15, 0.2) is 87.7 Å². The van der Waals surface area contributed by atoms with Crippen LogP contribution in [0.1, 0.15) is 12.0 Å². The maximum absolute atomic E-state index is 9.47. The van der Waals surface area contributed by atoms with Crippen LogP contribution in [0.5, 0.6) is 5.75 Å². The molecule has 1 spiro atoms. The van der Waals surface area contributed by atoms with Crippen LogP contribution < -0.4 is 10.0 Å². The van der Waals surface area contributed by atoms with E-state index in [0.29, 0.717) is 13.0 Å². The Morgan fingerprint density at radius 3 is 2.59 bits per heavy atom. The highest BCUT2D eigenvalue weighted by molar-refractivity contribution is 7.13. The first-order valence-electron chi connectivity index (χ1n) is 9.22. The molecule has 144 valence electrons. The van der Waals surface area contributed by atoms with E-state index >= 15 is 0 Å². The molecule has 0 fully saturated rings. The largest absolute Gasteiger partial charge is 0.508 e. The van der Waals surface area contributed by atoms with E-state index in [1.807, 2.05) is 70.0 Å². The summed E-state index contributed by atoms with van der Waals surface area (Å²) in [5.74, 6) is 0.253. The highest BCUT2D eigenvalue weighted by Gasteiger charge is 2.52. The molecular weight excluding hydrogens is 384 g/mol. The molecule has 3 heterocycles. The van der Waals surface area contributed by atoms with E-state index in [0.717, 1.165) is 22.1 Å². The van der Waals surface area contributed by atoms with Gasteiger partial charge in [-0.2, -0.15) is 15.2 Å². The van der Waals surface area contributed by atoms with Gasteiger partial charge in [-0.05, 0) is 35.9 Å². The summed E-state index contributed by atoms with van der Waals surface area (Å²) in [6.07, 6.45) is 6.44. The van der Waals surface area contributed by atoms with E-state index in [-0.39, 0.29) is 5.75 Å². The van der Waals surface area contributed by atoms with Crippen molar-refractivity contribution in [3.05, 3.63) is 77.8 Å². The number of aromatic hydroxyl groups is 1. The Hall–Kier alpha value is -3.52. The highest BCUT2D eigenvalue weighted by Crippen LogP contribution is 2.42. The average molecular weight is 402 g/mol. The summed E-state index contributed by atoms with van der Waals surface area (Å²) in [6, 6.07) is 17.2. The Balaban J connectivity index is 1.51. The summed E-state index contributed by atoms with van der Waals surface area (Å²) in [6.45, 7) is 0.502. The number of phenolic OH excluding ortho intramolecular Hbond substituents is 1. The molecule has 7 nitrogen and oxygen atoms in total. The van der Waals surface area contributed by atoms with E-state index in [4.69, 9.17) is 5.10 Å². The Morgan fingerprint density at radius 1 is 1.00 bits per heavy atom. The molecule has 5 rings (SSSR count). The number of para-hydroxylation sites is 1. The normalized spacial score (nSPS) is 20.9. The molecule has 29 heavy (non-hydrogen) atoms. The topological polar surface area (TPSA) is 76.7 Å². The minimum Gasteiger partial charge on any atom is -0.508 e. The zero-order valence-electron chi connectivity index (χ0n) is 15.5. The van der Waals surface area contributed by atoms with Gasteiger partial charge >= 0.3 is 0 Å². The van der Waals surface area contributed by atoms with E-state index in [1.165, 1.54) is 11.3 Å². The summed E-state index contributed by atoms with van der Waals surface area (Å²) in [5, 5.41) is 29.7. The third kappa shape index (κ3) is 3.17. The maximum atomic E-state index is 9.47. The monoisotopic (exact) mass is 402 g/mol. The van der Waals surface area contributed by atoms with E-state index in [1.54, 1.807) is 18.3 Å². The molecule has 3 aromatic rings. The molecule has 2 aromatic carbocycles. The fourth-order valence-electron chi connectivity index (χ4n) is 3.54. The lowest BCUT2D eigenvalue weighted by molar-refractivity contribution is 0.454. The number of hydrazone groups is 1. The van der Waals surface area contributed by atoms with Crippen molar-refractivity contribution >= 4 is 33.9 Å². The van der Waals surface area contributed by atoms with Gasteiger partial charge in [-0.15, -0.1) is 11.3 Å². The Morgan fingerprint density at radius 2 is 1.83 bits per heavy atom. The molecule has 1 aromatic heterocycles. The third-order valence-electron chi connectivity index (χ3n) is 4.92. The number of thiazole rings is 1. The van der Waals surface area contributed by atoms with E-state index in [2.05, 4.69) is 15.3 Å². The molecule has 0 radical (unpaired) electrons. The van der Waals surface area contributed by atoms with Crippen LogP contribution in [0, 0.1) is 0 Å². The second kappa shape index (κ2) is 7.14. The molecular formula is C21H18N6OS. The van der Waals surface area contributed by atoms with Crippen molar-refractivity contribution in [2.24, 2.45) is 15.4 Å². The summed E-state index contributed by atoms with van der Waals surface area (Å²) < 4.78 is 0. The van der Waals surface area contributed by atoms with Crippen molar-refractivity contribution in [2.45, 2.75) is 12.1 Å². The molecule has 0 saturated heterocycles. The zero-order chi connectivity index (χ0) is 19.7. The molecule has 2 aliphatic rings. The van der Waals surface area contributed by atoms with Crippen molar-refractivity contribution in [1.29, 1.82) is 0 Å². The molecule has 0 amide bonds. The Labute approximate surface area is 171 Å². The summed E-state index contributed by atoms with van der Waals surface area (Å²) in [4.78, 5) is 4.44. The quantitative estimate of drug-likeness (QED) is 0.685. The SMILES string of the molecule is Oc1ccc(/C=C/C2=NN(c3ccccc3)C3(CN=NN3c3nccs3)C2)cc1. The highest BCUT2D eigenvalue weighted by atomic mass is 32.1. The van der Waals surface area contributed by atoms with Gasteiger partial charge in [0.2, 0.25) is 5.13 Å². The van der Waals surface area contributed by atoms with Crippen LogP contribution in [0.3, 0.4) is 0 Å². The lowest BCUT2D eigenvalue weighted by atomic mass is 10.0. The lowest BCUT2D eigenvalue weighted by Crippen LogP contribution is -2.55. The van der Waals surface area contributed by atoms with Gasteiger partial charge in [0.05, 0.1) is 11.4 Å². The fourth-order valence-corrected chi connectivity index (χ4v) is 4.21. The molecule has 1 N–H and O–H groups in total. The number of phenols is 1. The smallest absolute Gasteiger partial charge is 0.209 e. The van der Waals surface area contributed by atoms with Crippen molar-refractivity contribution in [3.63, 3.8) is 0 Å². The van der Waals surface area contributed by atoms with Gasteiger partial charge in [0, 0.05) is 18.0 Å². The molecule has 0 saturated carbocycles. The van der Waals surface area contributed by atoms with Crippen molar-refractivity contribution in [3.8, 4) is 5.75 Å². The van der Waals surface area contributed by atoms with Crippen LogP contribution in [-0.4, -0.2) is 28.0 Å². The molecule has 8 heteroatoms. The predicted octanol–water partition coefficient (Wildman–Crippen LogP) is 4.71. The maximum Gasteiger partial charge on any atom is 0.209 e. The van der Waals surface area contributed by atoms with Gasteiger partial charge < -0.3 is 5.11 Å². The fraction of sp³-hybridized carbons (Fsp3) is 0.143. The summed E-state index contributed by atoms with van der Waals surface area (Å²) >= 11 is 1.53. The number of benzene rings is 2. The molecule has 0 aliphatic carbocycles. The number of anilines is 2. The van der Waals surface area contributed by atoms with E-state index in [9.17, 15) is 5.11 Å². The standard InChI is InChI=1S/C21H18N6OS/c28-19-10-7-16(8-11-19)6-9-17-14-21(26(24-17)18-4-2-1-3-5-18)15-23-25-27(21)20-22-12-13-29-20/h1-13,28H,14-15H2/b9-6+. The van der Waals surface area contributed by atoms with Crippen molar-refractivity contribution in [1.82, 2.24) is 4.98 Å². The molecule has 2 aliphatic heterocycles. The summed E-state index contributed by atoms with van der Waals surface area (Å²) in [5.41, 5.74) is 2.36. The summed E-state index contributed by atoms with van der Waals surface area (Å²) in [7, 11) is 0. The van der Waals surface area contributed by atoms with Crippen LogP contribution >= 0.6 is 11.3 Å². The first-order valence-corrected chi connectivity index (χ1v) is 10.1. The Bertz CT molecular complexity index is 1080. The number of aromatic nitrogens is 1. The van der Waals surface area contributed by atoms with Gasteiger partial charge in [-0.3, -0.25) is 0 Å². The first kappa shape index (κ1) is 17.6. The number of rotatable bonds is 4. The first-order chi connectivity index (χ1) is 14.2. The molecule has 1 atom stereocenters. The number of hydrogen-bond donors (Lipinski definition) is 1. The van der Waals surface area contributed by atoms with Crippen LogP contribution in [0.25, 0.3) is 6.08 Å². The number of hydrogen-bond acceptors (Lipinski definition) is 8. The van der Waals surface area contributed by atoms with Gasteiger partial charge in [0.15, 0.2) is 5.66 Å². The van der Waals surface area contributed by atoms with Crippen molar-refractivity contribution in [2.75, 3.05) is 16.6 Å². The minimum absolute atomic E-state index is 0.253. The van der Waals surface area contributed by atoms with Gasteiger partial charge in [-0.1, -0.05) is 41.6 Å². The number of allylic oxidation sites excluding steroid dienone is 1. The Kier molecular flexibility index (Phi) is 4.33. The molecule has 1 unspecified atom stereocenters. The second-order valence-corrected chi connectivity index (χ2v) is 7.71. The van der Waals surface area contributed by atoms with Gasteiger partial charge in [0.25, 0.3) is 0 Å². The molecule has 0 bridgehead atoms. The number of nitrogens with zero attached hydrogens (tertiary/aromatic N) is 6. The van der Waals surface area contributed by atoms with Gasteiger partial charge in [-0.25, -0.2) is 9.99 Å². The minimum atomic E-state index is -0.548. The van der Waals surface area contributed by atoms with Gasteiger partial charge in [0.1, 0.15) is 12.3 Å². The average Bonchev–Trinajstić information content (AvgIpc) is 3.49. The van der Waals surface area contributed by atoms with E-state index < -0.39 is 5.66 Å². The van der Waals surface area contributed by atoms with Crippen molar-refractivity contribution < 1.29 is 5.11 Å². The zero-order valence-corrected chi connectivity index (χ0v) is 16.3.